The van der Waals surface area contributed by atoms with Gasteiger partial charge in [-0.2, -0.15) is 0 Å². The standard InChI is InChI=1S/C17H16FN3O/c1-21-16(13-4-6-14(18)7-5-13)11-20-17(21)19-10-12-2-8-15(22)9-3-12/h2-9,11,22H,10H2,1H3,(H,19,20). The molecule has 0 radical (unpaired) electrons. The van der Waals surface area contributed by atoms with Crippen molar-refractivity contribution in [2.45, 2.75) is 6.54 Å². The summed E-state index contributed by atoms with van der Waals surface area (Å²) in [5.74, 6) is 0.725. The zero-order valence-electron chi connectivity index (χ0n) is 12.1. The summed E-state index contributed by atoms with van der Waals surface area (Å²) in [4.78, 5) is 4.36. The number of aromatic hydroxyl groups is 1. The summed E-state index contributed by atoms with van der Waals surface area (Å²) in [6.45, 7) is 0.605. The molecule has 4 nitrogen and oxygen atoms in total. The molecule has 0 saturated heterocycles. The fourth-order valence-corrected chi connectivity index (χ4v) is 2.26. The van der Waals surface area contributed by atoms with Crippen molar-refractivity contribution in [2.24, 2.45) is 7.05 Å². The Hall–Kier alpha value is -2.82. The van der Waals surface area contributed by atoms with Crippen LogP contribution in [-0.2, 0) is 13.6 Å². The monoisotopic (exact) mass is 297 g/mol. The van der Waals surface area contributed by atoms with E-state index in [4.69, 9.17) is 0 Å². The number of imidazole rings is 1. The number of nitrogens with zero attached hydrogens (tertiary/aromatic N) is 2. The van der Waals surface area contributed by atoms with Gasteiger partial charge in [-0.15, -0.1) is 0 Å². The van der Waals surface area contributed by atoms with Crippen molar-refractivity contribution in [3.63, 3.8) is 0 Å². The highest BCUT2D eigenvalue weighted by Gasteiger charge is 2.08. The number of rotatable bonds is 4. The van der Waals surface area contributed by atoms with E-state index in [1.165, 1.54) is 12.1 Å². The summed E-state index contributed by atoms with van der Waals surface area (Å²) in [6.07, 6.45) is 1.76. The average Bonchev–Trinajstić information content (AvgIpc) is 2.89. The van der Waals surface area contributed by atoms with Gasteiger partial charge in [-0.25, -0.2) is 9.37 Å². The Morgan fingerprint density at radius 1 is 1.09 bits per heavy atom. The molecule has 0 aliphatic carbocycles. The van der Waals surface area contributed by atoms with Gasteiger partial charge in [-0.1, -0.05) is 12.1 Å². The second-order valence-electron chi connectivity index (χ2n) is 5.05. The lowest BCUT2D eigenvalue weighted by molar-refractivity contribution is 0.475. The number of phenols is 1. The number of hydrogen-bond acceptors (Lipinski definition) is 3. The van der Waals surface area contributed by atoms with E-state index in [1.54, 1.807) is 30.5 Å². The second kappa shape index (κ2) is 5.89. The molecule has 0 unspecified atom stereocenters. The van der Waals surface area contributed by atoms with Crippen LogP contribution in [0.25, 0.3) is 11.3 Å². The second-order valence-corrected chi connectivity index (χ2v) is 5.05. The molecule has 1 aromatic heterocycles. The highest BCUT2D eigenvalue weighted by molar-refractivity contribution is 5.61. The molecule has 0 aliphatic rings. The fourth-order valence-electron chi connectivity index (χ4n) is 2.26. The first-order valence-electron chi connectivity index (χ1n) is 6.93. The Balaban J connectivity index is 1.75. The van der Waals surface area contributed by atoms with Crippen molar-refractivity contribution < 1.29 is 9.50 Å². The highest BCUT2D eigenvalue weighted by Crippen LogP contribution is 2.22. The normalized spacial score (nSPS) is 10.6. The van der Waals surface area contributed by atoms with Gasteiger partial charge in [0, 0.05) is 19.2 Å². The minimum absolute atomic E-state index is 0.249. The van der Waals surface area contributed by atoms with Crippen LogP contribution in [0.1, 0.15) is 5.56 Å². The van der Waals surface area contributed by atoms with Crippen molar-refractivity contribution in [1.29, 1.82) is 0 Å². The highest BCUT2D eigenvalue weighted by atomic mass is 19.1. The zero-order valence-corrected chi connectivity index (χ0v) is 12.1. The Bertz CT molecular complexity index is 764. The van der Waals surface area contributed by atoms with E-state index in [0.29, 0.717) is 6.54 Å². The van der Waals surface area contributed by atoms with Crippen molar-refractivity contribution in [3.05, 3.63) is 66.1 Å². The van der Waals surface area contributed by atoms with E-state index >= 15 is 0 Å². The maximum atomic E-state index is 13.0. The van der Waals surface area contributed by atoms with Crippen LogP contribution in [0.3, 0.4) is 0 Å². The van der Waals surface area contributed by atoms with E-state index in [2.05, 4.69) is 10.3 Å². The van der Waals surface area contributed by atoms with Crippen LogP contribution in [0.2, 0.25) is 0 Å². The van der Waals surface area contributed by atoms with Gasteiger partial charge in [0.15, 0.2) is 0 Å². The summed E-state index contributed by atoms with van der Waals surface area (Å²) < 4.78 is 14.9. The summed E-state index contributed by atoms with van der Waals surface area (Å²) in [7, 11) is 1.91. The Labute approximate surface area is 127 Å². The third-order valence-electron chi connectivity index (χ3n) is 3.52. The summed E-state index contributed by atoms with van der Waals surface area (Å²) in [6, 6.07) is 13.3. The quantitative estimate of drug-likeness (QED) is 0.774. The molecule has 0 aliphatic heterocycles. The smallest absolute Gasteiger partial charge is 0.203 e. The molecular formula is C17H16FN3O. The van der Waals surface area contributed by atoms with Gasteiger partial charge in [0.2, 0.25) is 5.95 Å². The van der Waals surface area contributed by atoms with E-state index in [-0.39, 0.29) is 11.6 Å². The van der Waals surface area contributed by atoms with Crippen molar-refractivity contribution >= 4 is 5.95 Å². The van der Waals surface area contributed by atoms with E-state index in [0.717, 1.165) is 22.8 Å². The molecule has 0 spiro atoms. The maximum absolute atomic E-state index is 13.0. The number of aromatic nitrogens is 2. The summed E-state index contributed by atoms with van der Waals surface area (Å²) in [5.41, 5.74) is 2.87. The van der Waals surface area contributed by atoms with Crippen molar-refractivity contribution in [3.8, 4) is 17.0 Å². The Kier molecular flexibility index (Phi) is 3.78. The predicted octanol–water partition coefficient (Wildman–Crippen LogP) is 3.54. The van der Waals surface area contributed by atoms with Gasteiger partial charge >= 0.3 is 0 Å². The Morgan fingerprint density at radius 3 is 2.45 bits per heavy atom. The predicted molar refractivity (Wildman–Crippen MR) is 84.0 cm³/mol. The first kappa shape index (κ1) is 14.1. The lowest BCUT2D eigenvalue weighted by Gasteiger charge is -2.08. The van der Waals surface area contributed by atoms with Crippen molar-refractivity contribution in [2.75, 3.05) is 5.32 Å². The Morgan fingerprint density at radius 2 is 1.77 bits per heavy atom. The van der Waals surface area contributed by atoms with Crippen LogP contribution in [0.5, 0.6) is 5.75 Å². The number of benzene rings is 2. The molecule has 2 N–H and O–H groups in total. The van der Waals surface area contributed by atoms with Crippen molar-refractivity contribution in [1.82, 2.24) is 9.55 Å². The lowest BCUT2D eigenvalue weighted by atomic mass is 10.2. The molecule has 1 heterocycles. The minimum atomic E-state index is -0.253. The van der Waals surface area contributed by atoms with Crippen LogP contribution < -0.4 is 5.32 Å². The van der Waals surface area contributed by atoms with Gasteiger partial charge in [-0.3, -0.25) is 0 Å². The SMILES string of the molecule is Cn1c(-c2ccc(F)cc2)cnc1NCc1ccc(O)cc1. The maximum Gasteiger partial charge on any atom is 0.203 e. The molecule has 2 aromatic carbocycles. The molecule has 0 amide bonds. The van der Waals surface area contributed by atoms with Crippen LogP contribution in [0, 0.1) is 5.82 Å². The molecule has 0 fully saturated rings. The molecule has 22 heavy (non-hydrogen) atoms. The number of halogens is 1. The van der Waals surface area contributed by atoms with Gasteiger partial charge in [0.05, 0.1) is 11.9 Å². The third kappa shape index (κ3) is 2.93. The van der Waals surface area contributed by atoms with Gasteiger partial charge < -0.3 is 15.0 Å². The van der Waals surface area contributed by atoms with Gasteiger partial charge in [-0.05, 0) is 42.0 Å². The number of hydrogen-bond donors (Lipinski definition) is 2. The van der Waals surface area contributed by atoms with E-state index < -0.39 is 0 Å². The fraction of sp³-hybridized carbons (Fsp3) is 0.118. The number of nitrogens with one attached hydrogen (secondary N) is 1. The molecule has 3 rings (SSSR count). The molecule has 0 saturated carbocycles. The number of phenolic OH excluding ortho intramolecular Hbond substituents is 1. The average molecular weight is 297 g/mol. The topological polar surface area (TPSA) is 50.1 Å². The molecule has 112 valence electrons. The molecule has 5 heteroatoms. The van der Waals surface area contributed by atoms with Crippen LogP contribution in [-0.4, -0.2) is 14.7 Å². The van der Waals surface area contributed by atoms with Gasteiger partial charge in [0.1, 0.15) is 11.6 Å². The third-order valence-corrected chi connectivity index (χ3v) is 3.52. The lowest BCUT2D eigenvalue weighted by Crippen LogP contribution is -2.05. The van der Waals surface area contributed by atoms with Crippen LogP contribution in [0.4, 0.5) is 10.3 Å². The summed E-state index contributed by atoms with van der Waals surface area (Å²) in [5, 5.41) is 12.5. The molecule has 0 atom stereocenters. The molecule has 3 aromatic rings. The number of anilines is 1. The largest absolute Gasteiger partial charge is 0.508 e. The zero-order chi connectivity index (χ0) is 15.5. The first-order valence-corrected chi connectivity index (χ1v) is 6.93. The first-order chi connectivity index (χ1) is 10.6. The molecular weight excluding hydrogens is 281 g/mol. The van der Waals surface area contributed by atoms with E-state index in [9.17, 15) is 9.50 Å². The van der Waals surface area contributed by atoms with Crippen LogP contribution in [0.15, 0.2) is 54.7 Å². The minimum Gasteiger partial charge on any atom is -0.508 e. The molecule has 0 bridgehead atoms. The summed E-state index contributed by atoms with van der Waals surface area (Å²) >= 11 is 0. The van der Waals surface area contributed by atoms with Gasteiger partial charge in [0.25, 0.3) is 0 Å². The van der Waals surface area contributed by atoms with Crippen LogP contribution >= 0.6 is 0 Å². The van der Waals surface area contributed by atoms with E-state index in [1.807, 2.05) is 23.7 Å².